The molecule has 0 unspecified atom stereocenters. The number of carbonyl (C=O) groups excluding carboxylic acids is 3. The van der Waals surface area contributed by atoms with Crippen molar-refractivity contribution >= 4 is 28.9 Å². The van der Waals surface area contributed by atoms with Gasteiger partial charge in [-0.25, -0.2) is 0 Å². The number of anilines is 1. The Bertz CT molecular complexity index is 1620. The Morgan fingerprint density at radius 3 is 2.48 bits per heavy atom. The first-order valence-electron chi connectivity index (χ1n) is 14.6. The van der Waals surface area contributed by atoms with Crippen LogP contribution in [0.5, 0.6) is 11.5 Å². The minimum atomic E-state index is -2.64. The predicted octanol–water partition coefficient (Wildman–Crippen LogP) is 2.67. The van der Waals surface area contributed by atoms with Crippen LogP contribution in [0.3, 0.4) is 0 Å². The van der Waals surface area contributed by atoms with E-state index in [4.69, 9.17) is 10.5 Å². The van der Waals surface area contributed by atoms with Gasteiger partial charge in [0.25, 0.3) is 5.91 Å². The van der Waals surface area contributed by atoms with E-state index in [1.54, 1.807) is 21.0 Å². The third kappa shape index (κ3) is 4.71. The normalized spacial score (nSPS) is 24.7. The summed E-state index contributed by atoms with van der Waals surface area (Å²) in [7, 11) is 5.26. The Kier molecular flexibility index (Phi) is 7.98. The average Bonchev–Trinajstić information content (AvgIpc) is 2.95. The summed E-state index contributed by atoms with van der Waals surface area (Å²) < 4.78 is 5.28. The first kappa shape index (κ1) is 31.1. The molecule has 0 saturated heterocycles. The van der Waals surface area contributed by atoms with Gasteiger partial charge in [-0.1, -0.05) is 26.0 Å². The molecule has 5 rings (SSSR count). The van der Waals surface area contributed by atoms with Gasteiger partial charge in [0.05, 0.1) is 12.7 Å². The molecular weight excluding hydrogens is 566 g/mol. The zero-order chi connectivity index (χ0) is 32.2. The van der Waals surface area contributed by atoms with Crippen LogP contribution in [0.1, 0.15) is 42.5 Å². The first-order chi connectivity index (χ1) is 20.7. The molecule has 2 aromatic rings. The Balaban J connectivity index is 1.59. The number of aliphatic hydroxyl groups excluding tert-OH is 2. The summed E-state index contributed by atoms with van der Waals surface area (Å²) in [5, 5.41) is 49.4. The fraction of sp³-hybridized carbons (Fsp3) is 0.424. The van der Waals surface area contributed by atoms with Gasteiger partial charge in [-0.05, 0) is 54.0 Å². The number of fused-ring (bicyclic) bond motifs is 3. The number of methoxy groups -OCH3 is 1. The molecule has 0 aromatic heterocycles. The summed E-state index contributed by atoms with van der Waals surface area (Å²) in [6.07, 6.45) is 0.307. The van der Waals surface area contributed by atoms with Crippen LogP contribution in [0, 0.1) is 23.7 Å². The van der Waals surface area contributed by atoms with Crippen LogP contribution >= 0.6 is 0 Å². The van der Waals surface area contributed by atoms with Crippen LogP contribution in [0.15, 0.2) is 47.2 Å². The maximum atomic E-state index is 14.1. The molecule has 0 spiro atoms. The van der Waals surface area contributed by atoms with E-state index in [0.29, 0.717) is 23.4 Å². The van der Waals surface area contributed by atoms with Gasteiger partial charge in [0.15, 0.2) is 11.4 Å². The molecule has 7 N–H and O–H groups in total. The molecule has 0 radical (unpaired) electrons. The van der Waals surface area contributed by atoms with Crippen molar-refractivity contribution in [2.24, 2.45) is 29.4 Å². The van der Waals surface area contributed by atoms with Gasteiger partial charge >= 0.3 is 0 Å². The number of carbonyl (C=O) groups is 3. The zero-order valence-corrected chi connectivity index (χ0v) is 25.5. The van der Waals surface area contributed by atoms with Crippen molar-refractivity contribution in [3.8, 4) is 11.5 Å². The lowest BCUT2D eigenvalue weighted by Gasteiger charge is -2.50. The second-order valence-electron chi connectivity index (χ2n) is 12.4. The highest BCUT2D eigenvalue weighted by atomic mass is 16.5. The number of nitrogens with two attached hydrogens (primary N) is 1. The molecular formula is C33H39N3O8. The molecule has 11 heteroatoms. The van der Waals surface area contributed by atoms with Crippen LogP contribution in [0.2, 0.25) is 0 Å². The lowest BCUT2D eigenvalue weighted by atomic mass is 9.54. The van der Waals surface area contributed by atoms with E-state index >= 15 is 0 Å². The monoisotopic (exact) mass is 605 g/mol. The number of Topliss-reactive ketones (excluding diaryl/α,β-unsaturated/α-hetero) is 2. The zero-order valence-electron chi connectivity index (χ0n) is 25.5. The summed E-state index contributed by atoms with van der Waals surface area (Å²) in [4.78, 5) is 41.5. The summed E-state index contributed by atoms with van der Waals surface area (Å²) in [5.74, 6) is -7.08. The number of ketones is 2. The highest BCUT2D eigenvalue weighted by Gasteiger charge is 2.64. The number of hydrogen-bond donors (Lipinski definition) is 6. The summed E-state index contributed by atoms with van der Waals surface area (Å²) in [6.45, 7) is 4.17. The molecule has 4 atom stereocenters. The number of nitrogens with one attached hydrogen (secondary N) is 1. The lowest BCUT2D eigenvalue weighted by Crippen LogP contribution is -2.62. The molecule has 3 aliphatic rings. The number of aliphatic hydroxyl groups is 3. The number of phenolic OH excluding ortho intramolecular Hbond substituents is 1. The quantitative estimate of drug-likeness (QED) is 0.245. The summed E-state index contributed by atoms with van der Waals surface area (Å²) in [5.41, 5.74) is 4.68. The molecule has 3 aliphatic carbocycles. The highest BCUT2D eigenvalue weighted by Crippen LogP contribution is 2.55. The number of amides is 1. The third-order valence-electron chi connectivity index (χ3n) is 9.29. The Morgan fingerprint density at radius 1 is 1.16 bits per heavy atom. The van der Waals surface area contributed by atoms with E-state index in [9.17, 15) is 34.8 Å². The van der Waals surface area contributed by atoms with Gasteiger partial charge < -0.3 is 41.1 Å². The molecule has 0 bridgehead atoms. The van der Waals surface area contributed by atoms with Crippen LogP contribution in [0.4, 0.5) is 5.69 Å². The molecule has 1 fully saturated rings. The minimum Gasteiger partial charge on any atom is -0.508 e. The summed E-state index contributed by atoms with van der Waals surface area (Å²) >= 11 is 0. The molecule has 44 heavy (non-hydrogen) atoms. The molecule has 1 amide bonds. The van der Waals surface area contributed by atoms with Crippen molar-refractivity contribution < 1.29 is 39.5 Å². The Morgan fingerprint density at radius 2 is 1.86 bits per heavy atom. The van der Waals surface area contributed by atoms with Gasteiger partial charge in [0, 0.05) is 55.8 Å². The lowest BCUT2D eigenvalue weighted by molar-refractivity contribution is -0.155. The van der Waals surface area contributed by atoms with Crippen molar-refractivity contribution in [2.75, 3.05) is 26.1 Å². The average molecular weight is 606 g/mol. The number of aromatic hydroxyl groups is 1. The topological polar surface area (TPSA) is 183 Å². The van der Waals surface area contributed by atoms with Crippen molar-refractivity contribution in [1.29, 1.82) is 0 Å². The van der Waals surface area contributed by atoms with E-state index in [1.807, 2.05) is 49.3 Å². The van der Waals surface area contributed by atoms with Crippen molar-refractivity contribution in [1.82, 2.24) is 5.32 Å². The number of benzene rings is 2. The van der Waals surface area contributed by atoms with Crippen LogP contribution in [-0.4, -0.2) is 64.7 Å². The largest absolute Gasteiger partial charge is 0.508 e. The fourth-order valence-corrected chi connectivity index (χ4v) is 7.24. The predicted molar refractivity (Wildman–Crippen MR) is 163 cm³/mol. The van der Waals surface area contributed by atoms with E-state index in [-0.39, 0.29) is 36.3 Å². The van der Waals surface area contributed by atoms with Gasteiger partial charge in [-0.15, -0.1) is 0 Å². The number of hydrogen-bond acceptors (Lipinski definition) is 10. The molecule has 11 nitrogen and oxygen atoms in total. The number of ether oxygens (including phenoxy) is 1. The van der Waals surface area contributed by atoms with E-state index in [2.05, 4.69) is 5.32 Å². The second kappa shape index (κ2) is 11.3. The standard InChI is InChI=1S/C33H39N3O8/c1-15(2)23-21-11-17-10-20-22(36(3)4)12-18(14-35-13-16-7-6-8-19(9-16)44-5)27(37)25(20)29(39)24(17)30(40)33(21,43)31(41)26(28(23)38)32(34)42/h6-9,12,15,17,21,23,35,37,39,41,43H,10-11,13-14H2,1-5H3,(H2,34,42)/t17-,21-,23-,33-/m0/s1. The first-order valence-corrected chi connectivity index (χ1v) is 14.6. The molecule has 2 aromatic carbocycles. The van der Waals surface area contributed by atoms with Crippen molar-refractivity contribution in [3.05, 3.63) is 69.5 Å². The maximum Gasteiger partial charge on any atom is 0.255 e. The number of nitrogens with zero attached hydrogens (tertiary/aromatic N) is 1. The van der Waals surface area contributed by atoms with E-state index in [1.165, 1.54) is 0 Å². The Labute approximate surface area is 255 Å². The second-order valence-corrected chi connectivity index (χ2v) is 12.4. The molecule has 0 heterocycles. The number of rotatable bonds is 8. The third-order valence-corrected chi connectivity index (χ3v) is 9.29. The fourth-order valence-electron chi connectivity index (χ4n) is 7.24. The van der Waals surface area contributed by atoms with Crippen LogP contribution in [-0.2, 0) is 33.9 Å². The van der Waals surface area contributed by atoms with Crippen molar-refractivity contribution in [2.45, 2.75) is 45.4 Å². The van der Waals surface area contributed by atoms with E-state index in [0.717, 1.165) is 11.3 Å². The molecule has 0 aliphatic heterocycles. The van der Waals surface area contributed by atoms with Gasteiger partial charge in [-0.2, -0.15) is 0 Å². The van der Waals surface area contributed by atoms with Gasteiger partial charge in [-0.3, -0.25) is 14.4 Å². The van der Waals surface area contributed by atoms with Crippen molar-refractivity contribution in [3.63, 3.8) is 0 Å². The molecule has 1 saturated carbocycles. The number of primary amides is 1. The van der Waals surface area contributed by atoms with Gasteiger partial charge in [0.1, 0.15) is 28.6 Å². The number of phenols is 1. The van der Waals surface area contributed by atoms with E-state index < -0.39 is 63.8 Å². The minimum absolute atomic E-state index is 0.0712. The summed E-state index contributed by atoms with van der Waals surface area (Å²) in [6, 6.07) is 9.38. The SMILES string of the molecule is COc1cccc(CNCc2cc(N(C)C)c3c(c2O)C(O)=C2C(=O)[C@]4(O)C(O)=C(C(N)=O)C(=O)[C@@H](C(C)C)[C@@H]4C[C@@H]2C3)c1. The smallest absolute Gasteiger partial charge is 0.255 e. The van der Waals surface area contributed by atoms with Gasteiger partial charge in [0.2, 0.25) is 5.78 Å². The van der Waals surface area contributed by atoms with Crippen LogP contribution in [0.25, 0.3) is 5.76 Å². The maximum absolute atomic E-state index is 14.1. The van der Waals surface area contributed by atoms with Crippen LogP contribution < -0.4 is 20.7 Å². The molecule has 234 valence electrons. The Hall–Kier alpha value is -4.35. The highest BCUT2D eigenvalue weighted by molar-refractivity contribution is 6.23.